The first-order valence-corrected chi connectivity index (χ1v) is 11.7. The number of nitrogens with one attached hydrogen (secondary N) is 1. The zero-order valence-electron chi connectivity index (χ0n) is 19.2. The maximum Gasteiger partial charge on any atom is 0.324 e. The third-order valence-corrected chi connectivity index (χ3v) is 6.93. The van der Waals surface area contributed by atoms with Crippen molar-refractivity contribution in [3.63, 3.8) is 0 Å². The van der Waals surface area contributed by atoms with Gasteiger partial charge in [0, 0.05) is 25.2 Å². The second kappa shape index (κ2) is 9.97. The third kappa shape index (κ3) is 4.71. The summed E-state index contributed by atoms with van der Waals surface area (Å²) >= 11 is 6.73. The molecule has 3 unspecified atom stereocenters. The zero-order chi connectivity index (χ0) is 24.4. The van der Waals surface area contributed by atoms with Crippen molar-refractivity contribution >= 4 is 28.5 Å². The fraction of sp³-hybridized carbons (Fsp3) is 0.417. The quantitative estimate of drug-likeness (QED) is 0.447. The molecule has 178 valence electrons. The maximum absolute atomic E-state index is 11.6. The second-order valence-electron chi connectivity index (χ2n) is 8.68. The molecule has 1 fully saturated rings. The molecule has 5 N–H and O–H groups in total. The number of carbonyl (C=O) groups is 1. The number of likely N-dealkylation sites (tertiary alicyclic amines) is 1. The highest BCUT2D eigenvalue weighted by molar-refractivity contribution is 6.36. The minimum absolute atomic E-state index is 0.0969. The monoisotopic (exact) mass is 481 g/mol. The molecule has 2 aromatic heterocycles. The molecule has 3 atom stereocenters. The molecule has 3 aromatic rings. The smallest absolute Gasteiger partial charge is 0.324 e. The number of aromatic nitrogens is 3. The number of hydrogen-bond acceptors (Lipinski definition) is 7. The van der Waals surface area contributed by atoms with Gasteiger partial charge in [0.2, 0.25) is 5.91 Å². The Morgan fingerprint density at radius 2 is 2.15 bits per heavy atom. The number of amides is 1. The molecule has 10 heteroatoms. The number of ether oxygens (including phenoxy) is 1. The van der Waals surface area contributed by atoms with E-state index in [4.69, 9.17) is 32.8 Å². The summed E-state index contributed by atoms with van der Waals surface area (Å²) < 4.78 is 5.95. The Bertz CT molecular complexity index is 1250. The summed E-state index contributed by atoms with van der Waals surface area (Å²) in [5.41, 5.74) is 14.1. The number of fused-ring (bicyclic) bond motifs is 1. The van der Waals surface area contributed by atoms with Crippen molar-refractivity contribution in [2.45, 2.75) is 32.7 Å². The van der Waals surface area contributed by atoms with Crippen LogP contribution in [-0.4, -0.2) is 45.4 Å². The predicted octanol–water partition coefficient (Wildman–Crippen LogP) is 3.28. The summed E-state index contributed by atoms with van der Waals surface area (Å²) in [5.74, 6) is 0.416. The number of aromatic amines is 1. The number of benzene rings is 1. The standard InChI is InChI=1S/C24H28ClN7O2/c1-3-18-21(25)20-22(13(2)32-11-15(8-19(28)33)16(10-27)12-32)30-24(31-23(20)29-18)34-17-6-4-5-14(7-17)9-26/h4-7,13,15-16H,3,8,10-12,27H2,1-2H3,(H2,28,33)(H,29,30,31). The van der Waals surface area contributed by atoms with E-state index in [1.165, 1.54) is 0 Å². The van der Waals surface area contributed by atoms with E-state index in [2.05, 4.69) is 27.9 Å². The van der Waals surface area contributed by atoms with E-state index in [9.17, 15) is 10.1 Å². The molecule has 1 aliphatic rings. The normalized spacial score (nSPS) is 19.3. The van der Waals surface area contributed by atoms with Gasteiger partial charge in [-0.05, 0) is 49.9 Å². The zero-order valence-corrected chi connectivity index (χ0v) is 20.0. The van der Waals surface area contributed by atoms with E-state index in [0.717, 1.165) is 23.3 Å². The molecule has 1 aromatic carbocycles. The number of carbonyl (C=O) groups excluding carboxylic acids is 1. The molecule has 9 nitrogen and oxygen atoms in total. The Morgan fingerprint density at radius 1 is 1.38 bits per heavy atom. The molecule has 1 amide bonds. The lowest BCUT2D eigenvalue weighted by molar-refractivity contribution is -0.119. The summed E-state index contributed by atoms with van der Waals surface area (Å²) in [7, 11) is 0. The lowest BCUT2D eigenvalue weighted by atomic mass is 9.93. The third-order valence-electron chi connectivity index (χ3n) is 6.51. The van der Waals surface area contributed by atoms with Crippen molar-refractivity contribution in [3.8, 4) is 17.8 Å². The van der Waals surface area contributed by atoms with Crippen molar-refractivity contribution in [1.29, 1.82) is 5.26 Å². The molecule has 34 heavy (non-hydrogen) atoms. The maximum atomic E-state index is 11.6. The number of hydrogen-bond donors (Lipinski definition) is 3. The van der Waals surface area contributed by atoms with Gasteiger partial charge in [-0.25, -0.2) is 0 Å². The van der Waals surface area contributed by atoms with Gasteiger partial charge in [0.25, 0.3) is 0 Å². The van der Waals surface area contributed by atoms with Gasteiger partial charge in [-0.15, -0.1) is 0 Å². The number of rotatable bonds is 8. The average molecular weight is 482 g/mol. The molecular formula is C24H28ClN7O2. The van der Waals surface area contributed by atoms with Crippen LogP contribution in [0, 0.1) is 23.2 Å². The Hall–Kier alpha value is -3.19. The molecule has 0 aliphatic carbocycles. The molecule has 4 rings (SSSR count). The van der Waals surface area contributed by atoms with Gasteiger partial charge in [-0.1, -0.05) is 24.6 Å². The van der Waals surface area contributed by atoms with Gasteiger partial charge in [-0.3, -0.25) is 9.69 Å². The Kier molecular flexibility index (Phi) is 7.03. The van der Waals surface area contributed by atoms with E-state index in [-0.39, 0.29) is 29.8 Å². The van der Waals surface area contributed by atoms with Crippen LogP contribution in [0.15, 0.2) is 24.3 Å². The number of aryl methyl sites for hydroxylation is 1. The number of nitrogens with zero attached hydrogens (tertiary/aromatic N) is 4. The van der Waals surface area contributed by atoms with Crippen molar-refractivity contribution in [3.05, 3.63) is 46.2 Å². The topological polar surface area (TPSA) is 147 Å². The van der Waals surface area contributed by atoms with Gasteiger partial charge in [-0.2, -0.15) is 15.2 Å². The first-order chi connectivity index (χ1) is 16.3. The Labute approximate surface area is 203 Å². The number of nitriles is 1. The van der Waals surface area contributed by atoms with Gasteiger partial charge in [0.15, 0.2) is 0 Å². The molecule has 0 saturated carbocycles. The van der Waals surface area contributed by atoms with E-state index >= 15 is 0 Å². The van der Waals surface area contributed by atoms with Crippen LogP contribution >= 0.6 is 11.6 Å². The number of H-pyrrole nitrogens is 1. The number of halogens is 1. The highest BCUT2D eigenvalue weighted by Crippen LogP contribution is 2.38. The Balaban J connectivity index is 1.73. The summed E-state index contributed by atoms with van der Waals surface area (Å²) in [6.45, 7) is 5.95. The highest BCUT2D eigenvalue weighted by atomic mass is 35.5. The van der Waals surface area contributed by atoms with Crippen molar-refractivity contribution in [1.82, 2.24) is 19.9 Å². The first kappa shape index (κ1) is 24.0. The second-order valence-corrected chi connectivity index (χ2v) is 9.06. The van der Waals surface area contributed by atoms with Crippen LogP contribution in [0.4, 0.5) is 0 Å². The van der Waals surface area contributed by atoms with Crippen LogP contribution in [0.1, 0.15) is 43.3 Å². The molecule has 3 heterocycles. The van der Waals surface area contributed by atoms with Crippen molar-refractivity contribution in [2.24, 2.45) is 23.3 Å². The van der Waals surface area contributed by atoms with Crippen LogP contribution < -0.4 is 16.2 Å². The van der Waals surface area contributed by atoms with Gasteiger partial charge in [0.05, 0.1) is 33.8 Å². The molecule has 1 aliphatic heterocycles. The van der Waals surface area contributed by atoms with E-state index in [0.29, 0.717) is 47.9 Å². The fourth-order valence-corrected chi connectivity index (χ4v) is 5.03. The van der Waals surface area contributed by atoms with Crippen LogP contribution in [-0.2, 0) is 11.2 Å². The fourth-order valence-electron chi connectivity index (χ4n) is 4.66. The molecule has 0 radical (unpaired) electrons. The minimum Gasteiger partial charge on any atom is -0.424 e. The summed E-state index contributed by atoms with van der Waals surface area (Å²) in [5, 5.41) is 10.5. The molecule has 0 bridgehead atoms. The van der Waals surface area contributed by atoms with Gasteiger partial charge < -0.3 is 21.2 Å². The SMILES string of the molecule is CCc1[nH]c2nc(Oc3cccc(C#N)c3)nc(C(C)N3CC(CN)C(CC(N)=O)C3)c2c1Cl. The summed E-state index contributed by atoms with van der Waals surface area (Å²) in [4.78, 5) is 26.4. The molecule has 0 spiro atoms. The molecular weight excluding hydrogens is 454 g/mol. The summed E-state index contributed by atoms with van der Waals surface area (Å²) in [6, 6.07) is 8.95. The number of nitrogens with two attached hydrogens (primary N) is 2. The Morgan fingerprint density at radius 3 is 2.82 bits per heavy atom. The van der Waals surface area contributed by atoms with Gasteiger partial charge in [0.1, 0.15) is 11.4 Å². The van der Waals surface area contributed by atoms with E-state index < -0.39 is 0 Å². The largest absolute Gasteiger partial charge is 0.424 e. The average Bonchev–Trinajstić information content (AvgIpc) is 3.38. The van der Waals surface area contributed by atoms with Crippen LogP contribution in [0.25, 0.3) is 11.0 Å². The summed E-state index contributed by atoms with van der Waals surface area (Å²) in [6.07, 6.45) is 1.02. The van der Waals surface area contributed by atoms with Crippen LogP contribution in [0.2, 0.25) is 5.02 Å². The first-order valence-electron chi connectivity index (χ1n) is 11.3. The lowest BCUT2D eigenvalue weighted by Gasteiger charge is -2.25. The number of primary amides is 1. The highest BCUT2D eigenvalue weighted by Gasteiger charge is 2.36. The predicted molar refractivity (Wildman–Crippen MR) is 129 cm³/mol. The van der Waals surface area contributed by atoms with E-state index in [1.54, 1.807) is 24.3 Å². The van der Waals surface area contributed by atoms with Gasteiger partial charge >= 0.3 is 6.01 Å². The van der Waals surface area contributed by atoms with Crippen LogP contribution in [0.5, 0.6) is 11.8 Å². The van der Waals surface area contributed by atoms with Crippen molar-refractivity contribution < 1.29 is 9.53 Å². The minimum atomic E-state index is -0.320. The van der Waals surface area contributed by atoms with Crippen LogP contribution in [0.3, 0.4) is 0 Å². The molecule has 1 saturated heterocycles. The lowest BCUT2D eigenvalue weighted by Crippen LogP contribution is -2.27. The van der Waals surface area contributed by atoms with Crippen molar-refractivity contribution in [2.75, 3.05) is 19.6 Å². The van der Waals surface area contributed by atoms with E-state index in [1.807, 2.05) is 6.92 Å².